The molecule has 1 heterocycles. The van der Waals surface area contributed by atoms with E-state index in [1.54, 1.807) is 12.1 Å². The van der Waals surface area contributed by atoms with Crippen LogP contribution in [0.5, 0.6) is 0 Å². The summed E-state index contributed by atoms with van der Waals surface area (Å²) in [7, 11) is -1.25. The molecule has 24 heavy (non-hydrogen) atoms. The molecule has 0 bridgehead atoms. The van der Waals surface area contributed by atoms with Crippen molar-refractivity contribution in [3.05, 3.63) is 34.9 Å². The molecule has 1 saturated heterocycles. The van der Waals surface area contributed by atoms with E-state index in [1.807, 2.05) is 12.1 Å². The topological polar surface area (TPSA) is 61.4 Å². The van der Waals surface area contributed by atoms with E-state index < -0.39 is 10.2 Å². The minimum atomic E-state index is -3.44. The summed E-state index contributed by atoms with van der Waals surface area (Å²) in [4.78, 5) is 2.43. The van der Waals surface area contributed by atoms with E-state index in [4.69, 9.17) is 11.6 Å². The van der Waals surface area contributed by atoms with E-state index in [1.165, 1.54) is 25.8 Å². The molecule has 0 amide bonds. The Morgan fingerprint density at radius 3 is 2.58 bits per heavy atom. The first-order valence-corrected chi connectivity index (χ1v) is 10.5. The fourth-order valence-corrected chi connectivity index (χ4v) is 4.06. The summed E-state index contributed by atoms with van der Waals surface area (Å²) in [5.74, 6) is 0. The second-order valence-electron chi connectivity index (χ2n) is 6.47. The minimum absolute atomic E-state index is 0.264. The van der Waals surface area contributed by atoms with Crippen LogP contribution in [-0.2, 0) is 16.8 Å². The largest absolute Gasteiger partial charge is 0.303 e. The van der Waals surface area contributed by atoms with Crippen molar-refractivity contribution >= 4 is 21.8 Å². The van der Waals surface area contributed by atoms with E-state index in [2.05, 4.69) is 21.4 Å². The van der Waals surface area contributed by atoms with E-state index in [-0.39, 0.29) is 6.54 Å². The Balaban J connectivity index is 1.56. The molecule has 2 N–H and O–H groups in total. The average molecular weight is 374 g/mol. The van der Waals surface area contributed by atoms with Gasteiger partial charge in [0.15, 0.2) is 0 Å². The van der Waals surface area contributed by atoms with Crippen LogP contribution >= 0.6 is 11.6 Å². The Bertz CT molecular complexity index is 592. The molecule has 0 aliphatic carbocycles. The van der Waals surface area contributed by atoms with Crippen LogP contribution < -0.4 is 9.44 Å². The third-order valence-electron chi connectivity index (χ3n) is 4.56. The molecule has 1 fully saturated rings. The number of hydrogen-bond donors (Lipinski definition) is 2. The Morgan fingerprint density at radius 2 is 1.92 bits per heavy atom. The van der Waals surface area contributed by atoms with E-state index in [0.29, 0.717) is 11.6 Å². The number of rotatable bonds is 10. The van der Waals surface area contributed by atoms with Gasteiger partial charge >= 0.3 is 0 Å². The third kappa shape index (κ3) is 7.07. The molecule has 1 aliphatic rings. The van der Waals surface area contributed by atoms with Crippen molar-refractivity contribution in [3.8, 4) is 0 Å². The first-order valence-electron chi connectivity index (χ1n) is 8.65. The molecule has 0 aromatic heterocycles. The lowest BCUT2D eigenvalue weighted by atomic mass is 10.1. The van der Waals surface area contributed by atoms with Crippen LogP contribution in [0.2, 0.25) is 5.02 Å². The lowest BCUT2D eigenvalue weighted by Crippen LogP contribution is -2.36. The normalized spacial score (nSPS) is 19.0. The van der Waals surface area contributed by atoms with Crippen molar-refractivity contribution in [2.45, 2.75) is 51.1 Å². The summed E-state index contributed by atoms with van der Waals surface area (Å²) in [6.07, 6.45) is 6.92. The van der Waals surface area contributed by atoms with Gasteiger partial charge < -0.3 is 4.90 Å². The van der Waals surface area contributed by atoms with Crippen LogP contribution in [0.25, 0.3) is 0 Å². The first kappa shape index (κ1) is 19.7. The monoisotopic (exact) mass is 373 g/mol. The van der Waals surface area contributed by atoms with Crippen molar-refractivity contribution in [2.24, 2.45) is 0 Å². The summed E-state index contributed by atoms with van der Waals surface area (Å²) >= 11 is 5.81. The highest BCUT2D eigenvalue weighted by Crippen LogP contribution is 2.20. The van der Waals surface area contributed by atoms with Crippen molar-refractivity contribution in [3.63, 3.8) is 0 Å². The number of likely N-dealkylation sites (tertiary alicyclic amines) is 1. The zero-order valence-electron chi connectivity index (χ0n) is 14.3. The van der Waals surface area contributed by atoms with E-state index in [9.17, 15) is 8.42 Å². The molecular weight excluding hydrogens is 346 g/mol. The molecule has 1 aromatic carbocycles. The maximum absolute atomic E-state index is 11.9. The predicted octanol–water partition coefficient (Wildman–Crippen LogP) is 2.92. The van der Waals surface area contributed by atoms with Crippen LogP contribution in [0.3, 0.4) is 0 Å². The van der Waals surface area contributed by atoms with Gasteiger partial charge in [0.05, 0.1) is 0 Å². The zero-order valence-corrected chi connectivity index (χ0v) is 15.9. The molecule has 7 heteroatoms. The molecule has 0 saturated carbocycles. The first-order chi connectivity index (χ1) is 11.5. The van der Waals surface area contributed by atoms with Gasteiger partial charge in [-0.05, 0) is 57.0 Å². The van der Waals surface area contributed by atoms with Crippen molar-refractivity contribution < 1.29 is 8.42 Å². The number of hydrogen-bond acceptors (Lipinski definition) is 3. The number of nitrogens with zero attached hydrogens (tertiary/aromatic N) is 1. The third-order valence-corrected chi connectivity index (χ3v) is 5.92. The second kappa shape index (κ2) is 9.73. The SMILES string of the molecule is CN1CCC[C@@H]1CCCCCNS(=O)(=O)NCc1ccc(Cl)cc1. The summed E-state index contributed by atoms with van der Waals surface area (Å²) in [5.41, 5.74) is 0.880. The highest BCUT2D eigenvalue weighted by molar-refractivity contribution is 7.87. The van der Waals surface area contributed by atoms with E-state index >= 15 is 0 Å². The molecule has 2 rings (SSSR count). The van der Waals surface area contributed by atoms with Gasteiger partial charge in [-0.15, -0.1) is 0 Å². The Kier molecular flexibility index (Phi) is 7.97. The van der Waals surface area contributed by atoms with Gasteiger partial charge in [-0.1, -0.05) is 36.6 Å². The Hall–Kier alpha value is -0.660. The summed E-state index contributed by atoms with van der Waals surface area (Å²) in [5, 5.41) is 0.642. The molecule has 0 unspecified atom stereocenters. The van der Waals surface area contributed by atoms with Gasteiger partial charge in [-0.3, -0.25) is 0 Å². The van der Waals surface area contributed by atoms with Crippen LogP contribution in [0.15, 0.2) is 24.3 Å². The summed E-state index contributed by atoms with van der Waals surface area (Å²) in [6, 6.07) is 7.85. The lowest BCUT2D eigenvalue weighted by Gasteiger charge is -2.18. The van der Waals surface area contributed by atoms with Crippen LogP contribution in [0, 0.1) is 0 Å². The van der Waals surface area contributed by atoms with Gasteiger partial charge in [0.1, 0.15) is 0 Å². The molecule has 0 spiro atoms. The predicted molar refractivity (Wildman–Crippen MR) is 99.3 cm³/mol. The van der Waals surface area contributed by atoms with Crippen molar-refractivity contribution in [1.82, 2.24) is 14.3 Å². The molecule has 1 aromatic rings. The fraction of sp³-hybridized carbons (Fsp3) is 0.647. The molecule has 136 valence electrons. The summed E-state index contributed by atoms with van der Waals surface area (Å²) < 4.78 is 29.0. The molecule has 1 atom stereocenters. The fourth-order valence-electron chi connectivity index (χ4n) is 3.06. The van der Waals surface area contributed by atoms with Gasteiger partial charge in [0.2, 0.25) is 0 Å². The van der Waals surface area contributed by atoms with Crippen molar-refractivity contribution in [2.75, 3.05) is 20.1 Å². The van der Waals surface area contributed by atoms with E-state index in [0.717, 1.165) is 30.9 Å². The second-order valence-corrected chi connectivity index (χ2v) is 8.49. The van der Waals surface area contributed by atoms with Gasteiger partial charge in [-0.2, -0.15) is 13.1 Å². The van der Waals surface area contributed by atoms with Crippen LogP contribution in [-0.4, -0.2) is 39.5 Å². The van der Waals surface area contributed by atoms with Crippen LogP contribution in [0.1, 0.15) is 44.1 Å². The van der Waals surface area contributed by atoms with Crippen LogP contribution in [0.4, 0.5) is 0 Å². The van der Waals surface area contributed by atoms with Gasteiger partial charge in [0.25, 0.3) is 10.2 Å². The maximum Gasteiger partial charge on any atom is 0.277 e. The molecule has 5 nitrogen and oxygen atoms in total. The smallest absolute Gasteiger partial charge is 0.277 e. The highest BCUT2D eigenvalue weighted by atomic mass is 35.5. The minimum Gasteiger partial charge on any atom is -0.303 e. The average Bonchev–Trinajstić information content (AvgIpc) is 2.95. The Morgan fingerprint density at radius 1 is 1.17 bits per heavy atom. The number of halogens is 1. The van der Waals surface area contributed by atoms with Crippen molar-refractivity contribution in [1.29, 1.82) is 0 Å². The standard InChI is InChI=1S/C17H28ClN3O2S/c1-21-13-5-7-17(21)6-3-2-4-12-19-24(22,23)20-14-15-8-10-16(18)11-9-15/h8-11,17,19-20H,2-7,12-14H2,1H3/t17-/m0/s1. The highest BCUT2D eigenvalue weighted by Gasteiger charge is 2.19. The molecular formula is C17H28ClN3O2S. The number of nitrogens with one attached hydrogen (secondary N) is 2. The Labute approximate surface area is 150 Å². The van der Waals surface area contributed by atoms with Gasteiger partial charge in [-0.25, -0.2) is 4.72 Å². The summed E-state index contributed by atoms with van der Waals surface area (Å²) in [6.45, 7) is 1.96. The van der Waals surface area contributed by atoms with Gasteiger partial charge in [0, 0.05) is 24.2 Å². The quantitative estimate of drug-likeness (QED) is 0.620. The lowest BCUT2D eigenvalue weighted by molar-refractivity contribution is 0.289. The molecule has 0 radical (unpaired) electrons. The maximum atomic E-state index is 11.9. The molecule has 1 aliphatic heterocycles. The number of unbranched alkanes of at least 4 members (excludes halogenated alkanes) is 2. The number of benzene rings is 1. The zero-order chi connectivity index (χ0) is 17.4.